The lowest BCUT2D eigenvalue weighted by atomic mass is 10.2. The van der Waals surface area contributed by atoms with Crippen molar-refractivity contribution >= 4 is 11.7 Å². The normalized spacial score (nSPS) is 10.4. The third-order valence-corrected chi connectivity index (χ3v) is 3.02. The molecule has 1 amide bonds. The Labute approximate surface area is 135 Å². The quantitative estimate of drug-likeness (QED) is 0.856. The number of aromatic nitrogens is 1. The minimum atomic E-state index is -0.396. The van der Waals surface area contributed by atoms with Gasteiger partial charge in [-0.05, 0) is 36.2 Å². The molecule has 23 heavy (non-hydrogen) atoms. The lowest BCUT2D eigenvalue weighted by molar-refractivity contribution is 0.102. The Kier molecular flexibility index (Phi) is 5.41. The van der Waals surface area contributed by atoms with Gasteiger partial charge in [0, 0.05) is 11.8 Å². The first-order valence-corrected chi connectivity index (χ1v) is 7.27. The fourth-order valence-electron chi connectivity index (χ4n) is 1.86. The Bertz CT molecular complexity index is 686. The first-order valence-electron chi connectivity index (χ1n) is 7.27. The van der Waals surface area contributed by atoms with Gasteiger partial charge in [-0.2, -0.15) is 0 Å². The van der Waals surface area contributed by atoms with Crippen molar-refractivity contribution in [3.8, 4) is 17.2 Å². The van der Waals surface area contributed by atoms with Crippen LogP contribution in [0.15, 0.2) is 36.5 Å². The van der Waals surface area contributed by atoms with Crippen LogP contribution in [0, 0.1) is 5.92 Å². The van der Waals surface area contributed by atoms with Gasteiger partial charge in [0.2, 0.25) is 0 Å². The van der Waals surface area contributed by atoms with Gasteiger partial charge < -0.3 is 19.9 Å². The number of anilines is 1. The Balaban J connectivity index is 2.16. The first-order chi connectivity index (χ1) is 11.0. The van der Waals surface area contributed by atoms with Gasteiger partial charge in [-0.1, -0.05) is 13.8 Å². The van der Waals surface area contributed by atoms with Crippen LogP contribution < -0.4 is 14.8 Å². The van der Waals surface area contributed by atoms with E-state index in [1.54, 1.807) is 24.3 Å². The number of carbonyl (C=O) groups excluding carboxylic acids is 1. The predicted molar refractivity (Wildman–Crippen MR) is 87.2 cm³/mol. The molecule has 6 heteroatoms. The maximum absolute atomic E-state index is 12.3. The van der Waals surface area contributed by atoms with Crippen molar-refractivity contribution in [1.82, 2.24) is 4.98 Å². The maximum atomic E-state index is 12.3. The zero-order valence-electron chi connectivity index (χ0n) is 13.4. The summed E-state index contributed by atoms with van der Waals surface area (Å²) in [4.78, 5) is 16.2. The fourth-order valence-corrected chi connectivity index (χ4v) is 1.86. The Hall–Kier alpha value is -2.76. The molecule has 2 N–H and O–H groups in total. The van der Waals surface area contributed by atoms with Gasteiger partial charge in [0.05, 0.1) is 13.7 Å². The molecule has 0 saturated heterocycles. The molecule has 0 unspecified atom stereocenters. The number of hydrogen-bond donors (Lipinski definition) is 2. The van der Waals surface area contributed by atoms with E-state index in [1.165, 1.54) is 19.4 Å². The molecule has 0 spiro atoms. The predicted octanol–water partition coefficient (Wildman–Crippen LogP) is 3.08. The minimum Gasteiger partial charge on any atom is -0.504 e. The van der Waals surface area contributed by atoms with Crippen molar-refractivity contribution in [3.63, 3.8) is 0 Å². The van der Waals surface area contributed by atoms with E-state index in [0.29, 0.717) is 29.6 Å². The highest BCUT2D eigenvalue weighted by Gasteiger charge is 2.13. The van der Waals surface area contributed by atoms with E-state index >= 15 is 0 Å². The van der Waals surface area contributed by atoms with Crippen molar-refractivity contribution in [2.24, 2.45) is 5.92 Å². The standard InChI is InChI=1S/C17H20N2O4/c1-11(2)10-23-14-7-6-12(9-15(14)22-3)17(21)19-16-13(20)5-4-8-18-16/h4-9,11,20H,10H2,1-3H3,(H,18,19,21). The van der Waals surface area contributed by atoms with E-state index < -0.39 is 5.91 Å². The molecule has 2 rings (SSSR count). The molecular weight excluding hydrogens is 296 g/mol. The summed E-state index contributed by atoms with van der Waals surface area (Å²) in [6.07, 6.45) is 1.48. The number of nitrogens with one attached hydrogen (secondary N) is 1. The van der Waals surface area contributed by atoms with Gasteiger partial charge in [-0.25, -0.2) is 4.98 Å². The van der Waals surface area contributed by atoms with Gasteiger partial charge in [-0.15, -0.1) is 0 Å². The van der Waals surface area contributed by atoms with Crippen LogP contribution in [0.1, 0.15) is 24.2 Å². The Morgan fingerprint density at radius 3 is 2.74 bits per heavy atom. The number of methoxy groups -OCH3 is 1. The second-order valence-corrected chi connectivity index (χ2v) is 5.40. The zero-order valence-corrected chi connectivity index (χ0v) is 13.4. The molecule has 2 aromatic rings. The Morgan fingerprint density at radius 2 is 2.09 bits per heavy atom. The van der Waals surface area contributed by atoms with Gasteiger partial charge >= 0.3 is 0 Å². The SMILES string of the molecule is COc1cc(C(=O)Nc2ncccc2O)ccc1OCC(C)C. The molecule has 0 aliphatic heterocycles. The molecule has 122 valence electrons. The second-order valence-electron chi connectivity index (χ2n) is 5.40. The van der Waals surface area contributed by atoms with Crippen molar-refractivity contribution in [3.05, 3.63) is 42.1 Å². The van der Waals surface area contributed by atoms with Gasteiger partial charge in [-0.3, -0.25) is 4.79 Å². The molecule has 0 atom stereocenters. The van der Waals surface area contributed by atoms with Crippen molar-refractivity contribution in [2.45, 2.75) is 13.8 Å². The third-order valence-electron chi connectivity index (χ3n) is 3.02. The summed E-state index contributed by atoms with van der Waals surface area (Å²) >= 11 is 0. The summed E-state index contributed by atoms with van der Waals surface area (Å²) in [5, 5.41) is 12.2. The molecule has 0 aliphatic rings. The van der Waals surface area contributed by atoms with Crippen LogP contribution in [0.2, 0.25) is 0 Å². The van der Waals surface area contributed by atoms with Crippen molar-refractivity contribution in [2.75, 3.05) is 19.0 Å². The molecule has 1 aromatic carbocycles. The first kappa shape index (κ1) is 16.6. The fraction of sp³-hybridized carbons (Fsp3) is 0.294. The highest BCUT2D eigenvalue weighted by atomic mass is 16.5. The monoisotopic (exact) mass is 316 g/mol. The smallest absolute Gasteiger partial charge is 0.257 e. The molecule has 6 nitrogen and oxygen atoms in total. The number of pyridine rings is 1. The van der Waals surface area contributed by atoms with Gasteiger partial charge in [0.15, 0.2) is 23.1 Å². The average molecular weight is 316 g/mol. The van der Waals surface area contributed by atoms with Crippen LogP contribution in [0.5, 0.6) is 17.2 Å². The molecule has 0 bridgehead atoms. The van der Waals surface area contributed by atoms with Crippen LogP contribution in [0.3, 0.4) is 0 Å². The lowest BCUT2D eigenvalue weighted by Crippen LogP contribution is -2.13. The lowest BCUT2D eigenvalue weighted by Gasteiger charge is -2.13. The summed E-state index contributed by atoms with van der Waals surface area (Å²) in [7, 11) is 1.52. The number of ether oxygens (including phenoxy) is 2. The molecule has 0 fully saturated rings. The summed E-state index contributed by atoms with van der Waals surface area (Å²) in [5.74, 6) is 1.06. The van der Waals surface area contributed by atoms with Gasteiger partial charge in [0.1, 0.15) is 0 Å². The summed E-state index contributed by atoms with van der Waals surface area (Å²) in [5.41, 5.74) is 0.379. The van der Waals surface area contributed by atoms with E-state index in [1.807, 2.05) is 13.8 Å². The molecule has 0 saturated carbocycles. The number of rotatable bonds is 6. The second kappa shape index (κ2) is 7.49. The largest absolute Gasteiger partial charge is 0.504 e. The van der Waals surface area contributed by atoms with Crippen LogP contribution in [-0.4, -0.2) is 29.7 Å². The number of amides is 1. The van der Waals surface area contributed by atoms with Crippen molar-refractivity contribution < 1.29 is 19.4 Å². The maximum Gasteiger partial charge on any atom is 0.257 e. The summed E-state index contributed by atoms with van der Waals surface area (Å²) in [6, 6.07) is 7.94. The minimum absolute atomic E-state index is 0.0929. The number of carbonyl (C=O) groups is 1. The molecular formula is C17H20N2O4. The van der Waals surface area contributed by atoms with Gasteiger partial charge in [0.25, 0.3) is 5.91 Å². The van der Waals surface area contributed by atoms with E-state index in [-0.39, 0.29) is 11.6 Å². The third kappa shape index (κ3) is 4.35. The number of nitrogens with zero attached hydrogens (tertiary/aromatic N) is 1. The van der Waals surface area contributed by atoms with Crippen molar-refractivity contribution in [1.29, 1.82) is 0 Å². The highest BCUT2D eigenvalue weighted by Crippen LogP contribution is 2.29. The number of aromatic hydroxyl groups is 1. The van der Waals surface area contributed by atoms with Crippen LogP contribution >= 0.6 is 0 Å². The Morgan fingerprint density at radius 1 is 1.30 bits per heavy atom. The van der Waals surface area contributed by atoms with E-state index in [4.69, 9.17) is 9.47 Å². The van der Waals surface area contributed by atoms with Crippen LogP contribution in [0.4, 0.5) is 5.82 Å². The van der Waals surface area contributed by atoms with Crippen LogP contribution in [0.25, 0.3) is 0 Å². The van der Waals surface area contributed by atoms with E-state index in [0.717, 1.165) is 0 Å². The average Bonchev–Trinajstić information content (AvgIpc) is 2.54. The summed E-state index contributed by atoms with van der Waals surface area (Å²) in [6.45, 7) is 4.66. The molecule has 0 radical (unpaired) electrons. The highest BCUT2D eigenvalue weighted by molar-refractivity contribution is 6.04. The van der Waals surface area contributed by atoms with Crippen LogP contribution in [-0.2, 0) is 0 Å². The summed E-state index contributed by atoms with van der Waals surface area (Å²) < 4.78 is 10.9. The molecule has 1 heterocycles. The zero-order chi connectivity index (χ0) is 16.8. The van der Waals surface area contributed by atoms with E-state index in [9.17, 15) is 9.90 Å². The molecule has 1 aromatic heterocycles. The van der Waals surface area contributed by atoms with E-state index in [2.05, 4.69) is 10.3 Å². The number of hydrogen-bond acceptors (Lipinski definition) is 5. The number of benzene rings is 1. The molecule has 0 aliphatic carbocycles. The topological polar surface area (TPSA) is 80.7 Å².